The fourth-order valence-corrected chi connectivity index (χ4v) is 4.78. The third-order valence-corrected chi connectivity index (χ3v) is 6.17. The molecule has 0 saturated carbocycles. The molecule has 160 valence electrons. The molecular weight excluding hydrogens is 423 g/mol. The van der Waals surface area contributed by atoms with E-state index < -0.39 is 47.8 Å². The maximum absolute atomic E-state index is 13.4. The molecule has 3 atom stereocenters. The van der Waals surface area contributed by atoms with E-state index >= 15 is 0 Å². The summed E-state index contributed by atoms with van der Waals surface area (Å²) in [6.45, 7) is 0. The van der Waals surface area contributed by atoms with Crippen LogP contribution in [0.5, 0.6) is 5.75 Å². The van der Waals surface area contributed by atoms with Gasteiger partial charge in [0.25, 0.3) is 5.91 Å². The van der Waals surface area contributed by atoms with Crippen LogP contribution < -0.4 is 10.4 Å². The standard InChI is InChI=1S/C20H19ClF3N3O3/c1-25-15-7-6-11(10-20(22,23)24)16(12-4-2-3-5-13(12)21)27(15)26-9-8-14(28)18(29)17(26)19(25)30/h2-5,8-9,11,15-16,29H,6-7,10H2,1H3. The van der Waals surface area contributed by atoms with Crippen molar-refractivity contribution >= 4 is 17.5 Å². The lowest BCUT2D eigenvalue weighted by atomic mass is 9.81. The summed E-state index contributed by atoms with van der Waals surface area (Å²) in [5.74, 6) is -2.14. The van der Waals surface area contributed by atoms with Gasteiger partial charge in [-0.1, -0.05) is 29.8 Å². The number of aromatic hydroxyl groups is 1. The van der Waals surface area contributed by atoms with Crippen LogP contribution in [0.2, 0.25) is 5.02 Å². The normalized spacial score (nSPS) is 23.9. The average molecular weight is 442 g/mol. The zero-order chi connectivity index (χ0) is 21.8. The summed E-state index contributed by atoms with van der Waals surface area (Å²) in [4.78, 5) is 26.1. The van der Waals surface area contributed by atoms with E-state index in [1.54, 1.807) is 29.3 Å². The Labute approximate surface area is 175 Å². The van der Waals surface area contributed by atoms with Crippen LogP contribution in [0.15, 0.2) is 41.3 Å². The van der Waals surface area contributed by atoms with E-state index in [-0.39, 0.29) is 12.1 Å². The second kappa shape index (κ2) is 7.23. The lowest BCUT2D eigenvalue weighted by Gasteiger charge is -2.54. The number of carbonyl (C=O) groups is 1. The van der Waals surface area contributed by atoms with Crippen LogP contribution in [0.3, 0.4) is 0 Å². The van der Waals surface area contributed by atoms with Gasteiger partial charge < -0.3 is 10.0 Å². The quantitative estimate of drug-likeness (QED) is 0.772. The van der Waals surface area contributed by atoms with E-state index in [1.807, 2.05) is 0 Å². The molecular formula is C20H19ClF3N3O3. The summed E-state index contributed by atoms with van der Waals surface area (Å²) in [5.41, 5.74) is -0.518. The topological polar surface area (TPSA) is 65.8 Å². The van der Waals surface area contributed by atoms with E-state index in [0.717, 1.165) is 6.07 Å². The van der Waals surface area contributed by atoms with Crippen molar-refractivity contribution in [2.75, 3.05) is 12.1 Å². The van der Waals surface area contributed by atoms with Crippen LogP contribution >= 0.6 is 11.6 Å². The van der Waals surface area contributed by atoms with Gasteiger partial charge in [-0.3, -0.25) is 19.3 Å². The number of benzene rings is 1. The van der Waals surface area contributed by atoms with Crippen molar-refractivity contribution in [1.29, 1.82) is 0 Å². The minimum absolute atomic E-state index is 0.232. The van der Waals surface area contributed by atoms with Gasteiger partial charge in [0.05, 0.1) is 6.04 Å². The highest BCUT2D eigenvalue weighted by Crippen LogP contribution is 2.47. The maximum Gasteiger partial charge on any atom is 0.389 e. The molecule has 3 unspecified atom stereocenters. The Morgan fingerprint density at radius 2 is 1.87 bits per heavy atom. The molecule has 3 heterocycles. The Kier molecular flexibility index (Phi) is 4.96. The Bertz CT molecular complexity index is 1060. The van der Waals surface area contributed by atoms with E-state index in [1.165, 1.54) is 22.8 Å². The minimum Gasteiger partial charge on any atom is -0.502 e. The number of pyridine rings is 1. The van der Waals surface area contributed by atoms with E-state index in [9.17, 15) is 27.9 Å². The van der Waals surface area contributed by atoms with Gasteiger partial charge in [0.15, 0.2) is 11.4 Å². The highest BCUT2D eigenvalue weighted by Gasteiger charge is 2.49. The molecule has 1 N–H and O–H groups in total. The fraction of sp³-hybridized carbons (Fsp3) is 0.400. The van der Waals surface area contributed by atoms with Gasteiger partial charge in [0.2, 0.25) is 5.43 Å². The summed E-state index contributed by atoms with van der Waals surface area (Å²) < 4.78 is 41.5. The highest BCUT2D eigenvalue weighted by atomic mass is 35.5. The summed E-state index contributed by atoms with van der Waals surface area (Å²) in [7, 11) is 1.51. The molecule has 0 aliphatic carbocycles. The van der Waals surface area contributed by atoms with Crippen molar-refractivity contribution in [3.63, 3.8) is 0 Å². The first-order valence-corrected chi connectivity index (χ1v) is 9.79. The van der Waals surface area contributed by atoms with Crippen molar-refractivity contribution in [1.82, 2.24) is 9.58 Å². The first kappa shape index (κ1) is 20.6. The SMILES string of the molecule is CN1C(=O)c2c(O)c(=O)ccn2N2C(c3ccccc3Cl)C(CC(F)(F)F)CCC12. The number of hydrogen-bond acceptors (Lipinski definition) is 4. The van der Waals surface area contributed by atoms with Gasteiger partial charge in [0, 0.05) is 30.8 Å². The van der Waals surface area contributed by atoms with Gasteiger partial charge in [-0.25, -0.2) is 0 Å². The van der Waals surface area contributed by atoms with Crippen molar-refractivity contribution in [2.45, 2.75) is 37.6 Å². The molecule has 1 aromatic heterocycles. The van der Waals surface area contributed by atoms with Crippen LogP contribution in [0, 0.1) is 5.92 Å². The first-order valence-electron chi connectivity index (χ1n) is 9.41. The number of alkyl halides is 3. The third-order valence-electron chi connectivity index (χ3n) is 5.82. The smallest absolute Gasteiger partial charge is 0.389 e. The molecule has 0 radical (unpaired) electrons. The van der Waals surface area contributed by atoms with Crippen molar-refractivity contribution in [3.8, 4) is 5.75 Å². The third kappa shape index (κ3) is 3.30. The molecule has 1 saturated heterocycles. The monoisotopic (exact) mass is 441 g/mol. The summed E-state index contributed by atoms with van der Waals surface area (Å²) >= 11 is 6.38. The number of piperidine rings is 1. The van der Waals surface area contributed by atoms with E-state index in [0.29, 0.717) is 17.0 Å². The molecule has 1 aromatic carbocycles. The zero-order valence-corrected chi connectivity index (χ0v) is 16.7. The summed E-state index contributed by atoms with van der Waals surface area (Å²) in [6.07, 6.45) is -4.12. The number of hydrogen-bond donors (Lipinski definition) is 1. The number of fused-ring (bicyclic) bond motifs is 3. The molecule has 10 heteroatoms. The Hall–Kier alpha value is -2.68. The lowest BCUT2D eigenvalue weighted by Crippen LogP contribution is -2.64. The molecule has 30 heavy (non-hydrogen) atoms. The van der Waals surface area contributed by atoms with Gasteiger partial charge in [-0.2, -0.15) is 13.2 Å². The Balaban J connectivity index is 1.94. The van der Waals surface area contributed by atoms with Crippen LogP contribution in [-0.4, -0.2) is 40.0 Å². The van der Waals surface area contributed by atoms with Crippen molar-refractivity contribution < 1.29 is 23.1 Å². The van der Waals surface area contributed by atoms with Gasteiger partial charge in [0.1, 0.15) is 6.17 Å². The number of halogens is 4. The van der Waals surface area contributed by atoms with E-state index in [4.69, 9.17) is 11.6 Å². The highest BCUT2D eigenvalue weighted by molar-refractivity contribution is 6.31. The number of rotatable bonds is 2. The summed E-state index contributed by atoms with van der Waals surface area (Å²) in [6, 6.07) is 6.91. The first-order chi connectivity index (χ1) is 14.1. The van der Waals surface area contributed by atoms with Crippen LogP contribution in [-0.2, 0) is 0 Å². The predicted octanol–water partition coefficient (Wildman–Crippen LogP) is 3.66. The van der Waals surface area contributed by atoms with Crippen molar-refractivity contribution in [2.24, 2.45) is 5.92 Å². The maximum atomic E-state index is 13.4. The minimum atomic E-state index is -4.39. The second-order valence-electron chi connectivity index (χ2n) is 7.62. The zero-order valence-electron chi connectivity index (χ0n) is 15.9. The molecule has 2 aliphatic heterocycles. The molecule has 2 aliphatic rings. The second-order valence-corrected chi connectivity index (χ2v) is 8.03. The number of carbonyl (C=O) groups excluding carboxylic acids is 1. The molecule has 0 bridgehead atoms. The Morgan fingerprint density at radius 3 is 2.53 bits per heavy atom. The molecule has 1 fully saturated rings. The van der Waals surface area contributed by atoms with Crippen LogP contribution in [0.4, 0.5) is 13.2 Å². The molecule has 2 aromatic rings. The largest absolute Gasteiger partial charge is 0.502 e. The van der Waals surface area contributed by atoms with Crippen LogP contribution in [0.25, 0.3) is 0 Å². The Morgan fingerprint density at radius 1 is 1.17 bits per heavy atom. The molecule has 6 nitrogen and oxygen atoms in total. The van der Waals surface area contributed by atoms with Gasteiger partial charge in [-0.15, -0.1) is 0 Å². The fourth-order valence-electron chi connectivity index (χ4n) is 4.54. The number of nitrogens with zero attached hydrogens (tertiary/aromatic N) is 3. The number of aromatic nitrogens is 1. The van der Waals surface area contributed by atoms with Crippen molar-refractivity contribution in [3.05, 3.63) is 63.0 Å². The lowest BCUT2D eigenvalue weighted by molar-refractivity contribution is -0.149. The molecule has 1 amide bonds. The summed E-state index contributed by atoms with van der Waals surface area (Å²) in [5, 5.41) is 12.2. The molecule has 0 spiro atoms. The van der Waals surface area contributed by atoms with Crippen LogP contribution in [0.1, 0.15) is 41.4 Å². The number of amides is 1. The van der Waals surface area contributed by atoms with E-state index in [2.05, 4.69) is 0 Å². The van der Waals surface area contributed by atoms with Gasteiger partial charge in [-0.05, 0) is 30.4 Å². The predicted molar refractivity (Wildman–Crippen MR) is 104 cm³/mol. The van der Waals surface area contributed by atoms with Gasteiger partial charge >= 0.3 is 6.18 Å². The molecule has 4 rings (SSSR count). The average Bonchev–Trinajstić information content (AvgIpc) is 2.67.